The van der Waals surface area contributed by atoms with Crippen molar-refractivity contribution in [3.8, 4) is 0 Å². The molecule has 0 aliphatic carbocycles. The Kier molecular flexibility index (Phi) is 4.26. The van der Waals surface area contributed by atoms with Crippen LogP contribution in [0, 0.1) is 17.5 Å². The molecule has 0 N–H and O–H groups in total. The van der Waals surface area contributed by atoms with Crippen LogP contribution < -0.4 is 15.9 Å². The molecule has 0 spiro atoms. The summed E-state index contributed by atoms with van der Waals surface area (Å²) in [5.74, 6) is -2.93. The molecule has 0 atom stereocenters. The van der Waals surface area contributed by atoms with Gasteiger partial charge in [0.25, 0.3) is 0 Å². The van der Waals surface area contributed by atoms with Crippen molar-refractivity contribution in [3.63, 3.8) is 0 Å². The summed E-state index contributed by atoms with van der Waals surface area (Å²) in [6.45, 7) is 0. The van der Waals surface area contributed by atoms with Crippen LogP contribution in [0.1, 0.15) is 0 Å². The Morgan fingerprint density at radius 1 is 0.545 bits per heavy atom. The molecular formula is C18H12F3P. The second-order valence-corrected chi connectivity index (χ2v) is 6.91. The molecular weight excluding hydrogens is 304 g/mol. The lowest BCUT2D eigenvalue weighted by Crippen LogP contribution is -2.23. The maximum absolute atomic E-state index is 14.3. The Labute approximate surface area is 128 Å². The van der Waals surface area contributed by atoms with Crippen molar-refractivity contribution in [1.29, 1.82) is 0 Å². The van der Waals surface area contributed by atoms with Gasteiger partial charge in [-0.25, -0.2) is 13.2 Å². The Morgan fingerprint density at radius 3 is 1.50 bits per heavy atom. The van der Waals surface area contributed by atoms with Gasteiger partial charge in [-0.15, -0.1) is 0 Å². The first kappa shape index (κ1) is 14.8. The van der Waals surface area contributed by atoms with Gasteiger partial charge in [0.2, 0.25) is 0 Å². The van der Waals surface area contributed by atoms with Crippen LogP contribution in [0.4, 0.5) is 13.2 Å². The lowest BCUT2D eigenvalue weighted by Gasteiger charge is -2.20. The lowest BCUT2D eigenvalue weighted by molar-refractivity contribution is 0.497. The van der Waals surface area contributed by atoms with E-state index in [-0.39, 0.29) is 5.30 Å². The van der Waals surface area contributed by atoms with Gasteiger partial charge in [0.15, 0.2) is 11.6 Å². The first-order chi connectivity index (χ1) is 10.7. The summed E-state index contributed by atoms with van der Waals surface area (Å²) in [7, 11) is -1.28. The van der Waals surface area contributed by atoms with E-state index < -0.39 is 25.4 Å². The highest BCUT2D eigenvalue weighted by atomic mass is 31.1. The van der Waals surface area contributed by atoms with Gasteiger partial charge in [0, 0.05) is 11.4 Å². The van der Waals surface area contributed by atoms with Gasteiger partial charge in [-0.2, -0.15) is 0 Å². The number of hydrogen-bond donors (Lipinski definition) is 0. The molecule has 0 saturated carbocycles. The van der Waals surface area contributed by atoms with E-state index in [0.29, 0.717) is 6.07 Å². The van der Waals surface area contributed by atoms with Crippen molar-refractivity contribution < 1.29 is 13.2 Å². The number of benzene rings is 3. The Morgan fingerprint density at radius 2 is 1.00 bits per heavy atom. The molecule has 22 heavy (non-hydrogen) atoms. The summed E-state index contributed by atoms with van der Waals surface area (Å²) >= 11 is 0. The van der Waals surface area contributed by atoms with E-state index in [1.54, 1.807) is 0 Å². The molecule has 0 aromatic heterocycles. The smallest absolute Gasteiger partial charge is 0.161 e. The normalized spacial score (nSPS) is 10.9. The fraction of sp³-hybridized carbons (Fsp3) is 0. The third-order valence-electron chi connectivity index (χ3n) is 3.26. The first-order valence-corrected chi connectivity index (χ1v) is 8.06. The van der Waals surface area contributed by atoms with E-state index in [1.807, 2.05) is 60.7 Å². The summed E-state index contributed by atoms with van der Waals surface area (Å²) < 4.78 is 41.1. The fourth-order valence-electron chi connectivity index (χ4n) is 2.26. The zero-order valence-electron chi connectivity index (χ0n) is 11.5. The highest BCUT2D eigenvalue weighted by molar-refractivity contribution is 7.79. The van der Waals surface area contributed by atoms with E-state index in [1.165, 1.54) is 0 Å². The predicted octanol–water partition coefficient (Wildman–Crippen LogP) is 3.86. The quantitative estimate of drug-likeness (QED) is 0.508. The molecule has 4 heteroatoms. The van der Waals surface area contributed by atoms with Crippen LogP contribution >= 0.6 is 7.92 Å². The van der Waals surface area contributed by atoms with Gasteiger partial charge in [0.1, 0.15) is 5.82 Å². The minimum absolute atomic E-state index is 0.186. The predicted molar refractivity (Wildman–Crippen MR) is 85.0 cm³/mol. The minimum atomic E-state index is -1.28. The van der Waals surface area contributed by atoms with Gasteiger partial charge in [-0.1, -0.05) is 60.7 Å². The molecule has 3 rings (SSSR count). The van der Waals surface area contributed by atoms with Crippen LogP contribution in [0.3, 0.4) is 0 Å². The van der Waals surface area contributed by atoms with E-state index in [0.717, 1.165) is 16.7 Å². The summed E-state index contributed by atoms with van der Waals surface area (Å²) in [5.41, 5.74) is 0. The molecule has 0 saturated heterocycles. The maximum atomic E-state index is 14.3. The van der Waals surface area contributed by atoms with Crippen molar-refractivity contribution in [2.75, 3.05) is 0 Å². The molecule has 0 fully saturated rings. The summed E-state index contributed by atoms with van der Waals surface area (Å²) in [6, 6.07) is 20.2. The first-order valence-electron chi connectivity index (χ1n) is 6.71. The Bertz CT molecular complexity index is 734. The second-order valence-electron chi connectivity index (χ2n) is 4.72. The van der Waals surface area contributed by atoms with Crippen molar-refractivity contribution >= 4 is 23.8 Å². The van der Waals surface area contributed by atoms with Crippen LogP contribution in [0.5, 0.6) is 0 Å². The molecule has 0 radical (unpaired) electrons. The zero-order chi connectivity index (χ0) is 15.5. The molecule has 0 bridgehead atoms. The highest BCUT2D eigenvalue weighted by Gasteiger charge is 2.22. The van der Waals surface area contributed by atoms with Crippen molar-refractivity contribution in [2.45, 2.75) is 0 Å². The third-order valence-corrected chi connectivity index (χ3v) is 5.71. The molecule has 0 heterocycles. The van der Waals surface area contributed by atoms with Crippen molar-refractivity contribution in [3.05, 3.63) is 90.2 Å². The third kappa shape index (κ3) is 2.90. The minimum Gasteiger partial charge on any atom is -0.206 e. The average molecular weight is 316 g/mol. The van der Waals surface area contributed by atoms with Gasteiger partial charge in [0.05, 0.1) is 0 Å². The van der Waals surface area contributed by atoms with E-state index in [9.17, 15) is 13.2 Å². The molecule has 0 unspecified atom stereocenters. The van der Waals surface area contributed by atoms with Gasteiger partial charge in [-0.3, -0.25) is 0 Å². The van der Waals surface area contributed by atoms with Crippen LogP contribution in [0.15, 0.2) is 72.8 Å². The van der Waals surface area contributed by atoms with Crippen LogP contribution in [0.25, 0.3) is 0 Å². The number of halogens is 3. The van der Waals surface area contributed by atoms with Crippen LogP contribution in [-0.2, 0) is 0 Å². The topological polar surface area (TPSA) is 0 Å². The molecule has 0 amide bonds. The monoisotopic (exact) mass is 316 g/mol. The average Bonchev–Trinajstić information content (AvgIpc) is 2.55. The SMILES string of the molecule is Fc1cc(F)c(P(c2ccccc2)c2ccccc2)cc1F. The van der Waals surface area contributed by atoms with Crippen LogP contribution in [-0.4, -0.2) is 0 Å². The Hall–Kier alpha value is -2.12. The maximum Gasteiger partial charge on any atom is 0.161 e. The van der Waals surface area contributed by atoms with Gasteiger partial charge >= 0.3 is 0 Å². The zero-order valence-corrected chi connectivity index (χ0v) is 12.4. The molecule has 3 aromatic carbocycles. The summed E-state index contributed by atoms with van der Waals surface area (Å²) in [4.78, 5) is 0. The summed E-state index contributed by atoms with van der Waals surface area (Å²) in [6.07, 6.45) is 0. The highest BCUT2D eigenvalue weighted by Crippen LogP contribution is 2.34. The molecule has 3 aromatic rings. The second kappa shape index (κ2) is 6.33. The largest absolute Gasteiger partial charge is 0.206 e. The molecule has 0 nitrogen and oxygen atoms in total. The van der Waals surface area contributed by atoms with Crippen molar-refractivity contribution in [1.82, 2.24) is 0 Å². The van der Waals surface area contributed by atoms with E-state index in [2.05, 4.69) is 0 Å². The number of rotatable bonds is 3. The fourth-order valence-corrected chi connectivity index (χ4v) is 4.58. The molecule has 110 valence electrons. The lowest BCUT2D eigenvalue weighted by atomic mass is 10.3. The van der Waals surface area contributed by atoms with Crippen LogP contribution in [0.2, 0.25) is 0 Å². The van der Waals surface area contributed by atoms with Gasteiger partial charge < -0.3 is 0 Å². The van der Waals surface area contributed by atoms with E-state index >= 15 is 0 Å². The Balaban J connectivity index is 2.21. The molecule has 0 aliphatic rings. The number of hydrogen-bond acceptors (Lipinski definition) is 0. The standard InChI is InChI=1S/C18H12F3P/c19-15-11-17(21)18(12-16(15)20)22(13-7-3-1-4-8-13)14-9-5-2-6-10-14/h1-12H. The molecule has 0 aliphatic heterocycles. The summed E-state index contributed by atoms with van der Waals surface area (Å²) in [5, 5.41) is 1.95. The van der Waals surface area contributed by atoms with Crippen molar-refractivity contribution in [2.24, 2.45) is 0 Å². The van der Waals surface area contributed by atoms with E-state index in [4.69, 9.17) is 0 Å². The van der Waals surface area contributed by atoms with Gasteiger partial charge in [-0.05, 0) is 24.6 Å².